The molecule has 1 aliphatic rings. The van der Waals surface area contributed by atoms with Gasteiger partial charge in [0.1, 0.15) is 23.4 Å². The number of carboxylic acids is 1. The number of halogens is 3. The van der Waals surface area contributed by atoms with Gasteiger partial charge in [0, 0.05) is 24.7 Å². The maximum Gasteiger partial charge on any atom is 0.341 e. The van der Waals surface area contributed by atoms with Crippen LogP contribution in [0.15, 0.2) is 35.3 Å². The van der Waals surface area contributed by atoms with Crippen LogP contribution >= 0.6 is 0 Å². The molecule has 4 atom stereocenters. The Balaban J connectivity index is 1.73. The van der Waals surface area contributed by atoms with E-state index in [9.17, 15) is 33.1 Å². The maximum atomic E-state index is 15.6. The van der Waals surface area contributed by atoms with Gasteiger partial charge in [-0.25, -0.2) is 22.9 Å². The fourth-order valence-corrected chi connectivity index (χ4v) is 5.40. The minimum Gasteiger partial charge on any atom is -0.477 e. The van der Waals surface area contributed by atoms with Crippen molar-refractivity contribution in [2.75, 3.05) is 11.4 Å². The topological polar surface area (TPSA) is 174 Å². The lowest BCUT2D eigenvalue weighted by Gasteiger charge is -2.30. The van der Waals surface area contributed by atoms with Crippen molar-refractivity contribution < 1.29 is 32.7 Å². The number of carboxylic acid groups (broad SMARTS) is 1. The Morgan fingerprint density at radius 1 is 1.14 bits per heavy atom. The zero-order valence-corrected chi connectivity index (χ0v) is 23.6. The number of nitrogens with one attached hydrogen (secondary N) is 1. The zero-order valence-electron chi connectivity index (χ0n) is 23.6. The van der Waals surface area contributed by atoms with Gasteiger partial charge >= 0.3 is 5.97 Å². The van der Waals surface area contributed by atoms with E-state index < -0.39 is 69.9 Å². The molecule has 6 N–H and O–H groups in total. The molecule has 1 aliphatic heterocycles. The molecule has 2 aromatic heterocycles. The summed E-state index contributed by atoms with van der Waals surface area (Å²) in [5, 5.41) is 11.9. The number of fused-ring (bicyclic) bond motifs is 1. The van der Waals surface area contributed by atoms with Gasteiger partial charge < -0.3 is 26.8 Å². The highest BCUT2D eigenvalue weighted by molar-refractivity contribution is 5.94. The third-order valence-electron chi connectivity index (χ3n) is 7.65. The highest BCUT2D eigenvalue weighted by Gasteiger charge is 2.36. The first-order valence-electron chi connectivity index (χ1n) is 14.0. The highest BCUT2D eigenvalue weighted by Crippen LogP contribution is 2.29. The van der Waals surface area contributed by atoms with Gasteiger partial charge in [0.25, 0.3) is 0 Å². The Kier molecular flexibility index (Phi) is 9.50. The van der Waals surface area contributed by atoms with Crippen molar-refractivity contribution in [1.29, 1.82) is 0 Å². The number of pyridine rings is 2. The van der Waals surface area contributed by atoms with E-state index in [4.69, 9.17) is 11.5 Å². The van der Waals surface area contributed by atoms with Crippen molar-refractivity contribution in [1.82, 2.24) is 14.9 Å². The second kappa shape index (κ2) is 12.9. The van der Waals surface area contributed by atoms with Gasteiger partial charge in [-0.2, -0.15) is 0 Å². The summed E-state index contributed by atoms with van der Waals surface area (Å²) in [6.45, 7) is 3.84. The zero-order chi connectivity index (χ0) is 31.6. The van der Waals surface area contributed by atoms with Crippen LogP contribution in [0.1, 0.15) is 56.3 Å². The number of Topliss-reactive ketones (excluding diaryl/α,β-unsaturated/α-hetero) is 1. The average molecular weight is 603 g/mol. The van der Waals surface area contributed by atoms with Crippen LogP contribution in [-0.4, -0.2) is 57.1 Å². The fourth-order valence-electron chi connectivity index (χ4n) is 5.40. The summed E-state index contributed by atoms with van der Waals surface area (Å²) in [4.78, 5) is 56.4. The summed E-state index contributed by atoms with van der Waals surface area (Å²) in [5.41, 5.74) is 9.74. The molecular weight excluding hydrogens is 569 g/mol. The van der Waals surface area contributed by atoms with Gasteiger partial charge in [-0.1, -0.05) is 20.3 Å². The van der Waals surface area contributed by atoms with E-state index in [1.54, 1.807) is 6.92 Å². The minimum atomic E-state index is -1.63. The summed E-state index contributed by atoms with van der Waals surface area (Å²) < 4.78 is 44.9. The smallest absolute Gasteiger partial charge is 0.341 e. The summed E-state index contributed by atoms with van der Waals surface area (Å²) in [7, 11) is 0. The van der Waals surface area contributed by atoms with Crippen LogP contribution in [0, 0.1) is 23.4 Å². The van der Waals surface area contributed by atoms with E-state index in [0.717, 1.165) is 29.0 Å². The van der Waals surface area contributed by atoms with Crippen LogP contribution in [0.25, 0.3) is 16.7 Å². The first-order valence-corrected chi connectivity index (χ1v) is 14.0. The van der Waals surface area contributed by atoms with Crippen LogP contribution in [0.3, 0.4) is 0 Å². The van der Waals surface area contributed by atoms with E-state index in [1.807, 2.05) is 6.92 Å². The molecule has 1 fully saturated rings. The number of nitrogens with zero attached hydrogens (tertiary/aromatic N) is 3. The molecule has 0 aliphatic carbocycles. The summed E-state index contributed by atoms with van der Waals surface area (Å²) in [6, 6.07) is 1.38. The molecule has 43 heavy (non-hydrogen) atoms. The van der Waals surface area contributed by atoms with Gasteiger partial charge in [0.05, 0.1) is 23.2 Å². The second-order valence-electron chi connectivity index (χ2n) is 10.5. The molecule has 0 radical (unpaired) electrons. The Hall–Kier alpha value is -4.30. The Morgan fingerprint density at radius 3 is 2.49 bits per heavy atom. The summed E-state index contributed by atoms with van der Waals surface area (Å²) in [5.74, 6) is -6.67. The number of benzene rings is 1. The molecule has 0 spiro atoms. The van der Waals surface area contributed by atoms with Gasteiger partial charge in [0.15, 0.2) is 23.1 Å². The number of hydrogen-bond acceptors (Lipinski definition) is 8. The first-order chi connectivity index (χ1) is 20.4. The lowest BCUT2D eigenvalue weighted by molar-refractivity contribution is -0.131. The highest BCUT2D eigenvalue weighted by atomic mass is 19.1. The quantitative estimate of drug-likeness (QED) is 0.257. The Bertz CT molecular complexity index is 1630. The predicted molar refractivity (Wildman–Crippen MR) is 152 cm³/mol. The Labute approximate surface area is 244 Å². The summed E-state index contributed by atoms with van der Waals surface area (Å²) in [6.07, 6.45) is 2.35. The van der Waals surface area contributed by atoms with Gasteiger partial charge in [-0.05, 0) is 43.9 Å². The molecule has 1 amide bonds. The molecule has 0 saturated carbocycles. The lowest BCUT2D eigenvalue weighted by Crippen LogP contribution is -2.55. The molecule has 1 saturated heterocycles. The summed E-state index contributed by atoms with van der Waals surface area (Å²) >= 11 is 0. The number of nitrogens with two attached hydrogens (primary N) is 2. The third-order valence-corrected chi connectivity index (χ3v) is 7.65. The second-order valence-corrected chi connectivity index (χ2v) is 10.5. The van der Waals surface area contributed by atoms with Gasteiger partial charge in [-0.3, -0.25) is 19.0 Å². The van der Waals surface area contributed by atoms with E-state index in [0.29, 0.717) is 31.7 Å². The van der Waals surface area contributed by atoms with Crippen molar-refractivity contribution in [3.63, 3.8) is 0 Å². The molecule has 14 heteroatoms. The number of carbonyl (C=O) groups excluding carboxylic acids is 2. The van der Waals surface area contributed by atoms with Crippen LogP contribution in [0.2, 0.25) is 0 Å². The minimum absolute atomic E-state index is 0.232. The lowest BCUT2D eigenvalue weighted by atomic mass is 9.87. The van der Waals surface area contributed by atoms with Crippen LogP contribution in [-0.2, 0) is 9.59 Å². The van der Waals surface area contributed by atoms with Crippen molar-refractivity contribution >= 4 is 34.5 Å². The molecule has 3 aromatic rings. The predicted octanol–water partition coefficient (Wildman–Crippen LogP) is 2.59. The number of ketones is 1. The normalized spacial score (nSPS) is 17.1. The molecule has 0 bridgehead atoms. The first kappa shape index (κ1) is 31.6. The van der Waals surface area contributed by atoms with Crippen LogP contribution in [0.5, 0.6) is 0 Å². The van der Waals surface area contributed by atoms with E-state index in [-0.39, 0.29) is 35.9 Å². The maximum absolute atomic E-state index is 15.6. The largest absolute Gasteiger partial charge is 0.477 e. The molecular formula is C29H33F3N6O5. The number of aromatic carboxylic acids is 1. The standard InChI is InChI=1S/C29H33F3N6O5/c1-3-6-20(33)25(40)15(4-2)23(34)28(41)35-22-7-5-10-37(22)27-19(32)12-16-24(39)17(29(42)43)13-38(26(16)36-27)21-9-8-14(30)11-18(21)31/h8-9,11-13,15,20,22-23H,3-7,10,33-34H2,1-2H3,(H,35,41)(H,42,43)/t15?,20-,22?,23-/m0/s1. The average Bonchev–Trinajstić information content (AvgIpc) is 3.41. The number of anilines is 1. The van der Waals surface area contributed by atoms with E-state index in [2.05, 4.69) is 10.3 Å². The SMILES string of the molecule is CCC[C@H](N)C(=O)C(CC)[C@H](N)C(=O)NC1CCCN1c1nc2c(cc1F)c(=O)c(C(=O)O)cn2-c1ccc(F)cc1F. The number of rotatable bonds is 11. The molecule has 230 valence electrons. The number of amides is 1. The number of hydrogen-bond donors (Lipinski definition) is 4. The van der Waals surface area contributed by atoms with E-state index in [1.165, 1.54) is 4.90 Å². The van der Waals surface area contributed by atoms with Crippen molar-refractivity contribution in [2.45, 2.75) is 64.2 Å². The van der Waals surface area contributed by atoms with Gasteiger partial charge in [0.2, 0.25) is 11.3 Å². The van der Waals surface area contributed by atoms with Crippen LogP contribution < -0.4 is 27.1 Å². The molecule has 2 unspecified atom stereocenters. The van der Waals surface area contributed by atoms with Crippen molar-refractivity contribution in [2.24, 2.45) is 17.4 Å². The Morgan fingerprint density at radius 2 is 1.86 bits per heavy atom. The number of aromatic nitrogens is 2. The number of carbonyl (C=O) groups is 3. The third kappa shape index (κ3) is 6.25. The monoisotopic (exact) mass is 602 g/mol. The van der Waals surface area contributed by atoms with Crippen molar-refractivity contribution in [3.8, 4) is 5.69 Å². The molecule has 11 nitrogen and oxygen atoms in total. The van der Waals surface area contributed by atoms with Crippen molar-refractivity contribution in [3.05, 3.63) is 63.7 Å². The molecule has 4 rings (SSSR count). The van der Waals surface area contributed by atoms with Gasteiger partial charge in [-0.15, -0.1) is 0 Å². The molecule has 3 heterocycles. The van der Waals surface area contributed by atoms with Crippen LogP contribution in [0.4, 0.5) is 19.0 Å². The fraction of sp³-hybridized carbons (Fsp3) is 0.414. The van der Waals surface area contributed by atoms with E-state index >= 15 is 4.39 Å². The molecule has 1 aromatic carbocycles.